The first kappa shape index (κ1) is 25.1. The lowest BCUT2D eigenvalue weighted by Crippen LogP contribution is -2.60. The first-order chi connectivity index (χ1) is 15.5. The average Bonchev–Trinajstić information content (AvgIpc) is 2.79. The number of hydrogen-bond acceptors (Lipinski definition) is 5. The van der Waals surface area contributed by atoms with Crippen molar-refractivity contribution in [3.8, 4) is 0 Å². The van der Waals surface area contributed by atoms with E-state index in [9.17, 15) is 32.6 Å². The van der Waals surface area contributed by atoms with Crippen molar-refractivity contribution in [2.45, 2.75) is 56.1 Å². The van der Waals surface area contributed by atoms with Crippen LogP contribution in [0.2, 0.25) is 0 Å². The van der Waals surface area contributed by atoms with Crippen LogP contribution in [0.4, 0.5) is 17.6 Å². The molecule has 1 aliphatic carbocycles. The van der Waals surface area contributed by atoms with Gasteiger partial charge in [-0.15, -0.1) is 0 Å². The Morgan fingerprint density at radius 2 is 1.61 bits per heavy atom. The molecule has 0 aromatic heterocycles. The summed E-state index contributed by atoms with van der Waals surface area (Å²) < 4.78 is 63.0. The molecule has 0 bridgehead atoms. The molecule has 1 aliphatic rings. The topological polar surface area (TPSA) is 88.0 Å². The lowest BCUT2D eigenvalue weighted by molar-refractivity contribution is -0.199. The summed E-state index contributed by atoms with van der Waals surface area (Å²) in [5, 5.41) is 23.3. The second-order valence-electron chi connectivity index (χ2n) is 8.00. The number of aliphatic hydroxyl groups excluding tert-OH is 2. The number of amides is 1. The zero-order valence-electron chi connectivity index (χ0n) is 17.8. The van der Waals surface area contributed by atoms with Crippen LogP contribution in [0.3, 0.4) is 0 Å². The fourth-order valence-electron chi connectivity index (χ4n) is 3.78. The van der Waals surface area contributed by atoms with Crippen molar-refractivity contribution in [3.63, 3.8) is 0 Å². The van der Waals surface area contributed by atoms with Gasteiger partial charge >= 0.3 is 6.18 Å². The van der Waals surface area contributed by atoms with Crippen molar-refractivity contribution in [3.05, 3.63) is 71.0 Å². The molecule has 2 aromatic rings. The molecule has 0 saturated heterocycles. The molecule has 0 spiro atoms. The minimum atomic E-state index is -4.46. The zero-order chi connectivity index (χ0) is 24.2. The summed E-state index contributed by atoms with van der Waals surface area (Å²) in [4.78, 5) is 12.7. The molecule has 0 heterocycles. The third kappa shape index (κ3) is 6.08. The second-order valence-corrected chi connectivity index (χ2v) is 8.00. The van der Waals surface area contributed by atoms with Crippen LogP contribution in [-0.2, 0) is 33.7 Å². The minimum Gasteiger partial charge on any atom is -0.390 e. The summed E-state index contributed by atoms with van der Waals surface area (Å²) in [5.41, 5.74) is -1.31. The van der Waals surface area contributed by atoms with Crippen LogP contribution in [-0.4, -0.2) is 47.1 Å². The molecule has 0 aliphatic heterocycles. The van der Waals surface area contributed by atoms with Gasteiger partial charge in [0, 0.05) is 19.9 Å². The predicted octanol–water partition coefficient (Wildman–Crippen LogP) is 2.95. The fraction of sp³-hybridized carbons (Fsp3) is 0.435. The maximum atomic E-state index is 13.2. The van der Waals surface area contributed by atoms with E-state index in [1.165, 1.54) is 43.4 Å². The van der Waals surface area contributed by atoms with Crippen molar-refractivity contribution < 1.29 is 42.0 Å². The normalized spacial score (nSPS) is 25.6. The Bertz CT molecular complexity index is 935. The summed E-state index contributed by atoms with van der Waals surface area (Å²) in [6, 6.07) is 9.86. The van der Waals surface area contributed by atoms with Crippen LogP contribution >= 0.6 is 0 Å². The maximum absolute atomic E-state index is 13.2. The van der Waals surface area contributed by atoms with Gasteiger partial charge in [0.25, 0.3) is 5.91 Å². The molecular weight excluding hydrogens is 446 g/mol. The van der Waals surface area contributed by atoms with Crippen molar-refractivity contribution in [2.24, 2.45) is 0 Å². The molecule has 2 aromatic carbocycles. The van der Waals surface area contributed by atoms with E-state index in [4.69, 9.17) is 9.47 Å². The average molecular weight is 471 g/mol. The van der Waals surface area contributed by atoms with Gasteiger partial charge in [-0.3, -0.25) is 4.79 Å². The van der Waals surface area contributed by atoms with Crippen LogP contribution in [0.15, 0.2) is 48.5 Å². The van der Waals surface area contributed by atoms with E-state index in [-0.39, 0.29) is 26.1 Å². The van der Waals surface area contributed by atoms with E-state index in [0.29, 0.717) is 11.1 Å². The van der Waals surface area contributed by atoms with E-state index in [1.807, 2.05) is 0 Å². The molecule has 33 heavy (non-hydrogen) atoms. The molecule has 4 atom stereocenters. The zero-order valence-corrected chi connectivity index (χ0v) is 17.8. The number of benzene rings is 2. The van der Waals surface area contributed by atoms with Gasteiger partial charge in [0.2, 0.25) is 0 Å². The molecule has 3 N–H and O–H groups in total. The fourth-order valence-corrected chi connectivity index (χ4v) is 3.78. The Labute approximate surface area is 188 Å². The highest BCUT2D eigenvalue weighted by molar-refractivity contribution is 5.85. The summed E-state index contributed by atoms with van der Waals surface area (Å²) in [6.45, 7) is -0.198. The second kappa shape index (κ2) is 10.2. The molecular formula is C23H25F4NO5. The molecule has 1 amide bonds. The number of ether oxygens (including phenoxy) is 2. The number of alkyl halides is 3. The van der Waals surface area contributed by atoms with E-state index < -0.39 is 47.4 Å². The van der Waals surface area contributed by atoms with Gasteiger partial charge in [0.15, 0.2) is 5.60 Å². The monoisotopic (exact) mass is 471 g/mol. The highest BCUT2D eigenvalue weighted by atomic mass is 19.4. The quantitative estimate of drug-likeness (QED) is 0.541. The van der Waals surface area contributed by atoms with E-state index in [0.717, 1.165) is 12.1 Å². The maximum Gasteiger partial charge on any atom is 0.416 e. The van der Waals surface area contributed by atoms with Crippen LogP contribution in [0.5, 0.6) is 0 Å². The van der Waals surface area contributed by atoms with Gasteiger partial charge in [-0.05, 0) is 35.4 Å². The molecule has 1 unspecified atom stereocenters. The predicted molar refractivity (Wildman–Crippen MR) is 109 cm³/mol. The van der Waals surface area contributed by atoms with E-state index >= 15 is 0 Å². The van der Waals surface area contributed by atoms with Crippen LogP contribution in [0, 0.1) is 5.82 Å². The van der Waals surface area contributed by atoms with Gasteiger partial charge < -0.3 is 25.0 Å². The van der Waals surface area contributed by atoms with Crippen molar-refractivity contribution in [1.29, 1.82) is 0 Å². The molecule has 1 fully saturated rings. The summed E-state index contributed by atoms with van der Waals surface area (Å²) in [5.74, 6) is -0.952. The Kier molecular flexibility index (Phi) is 7.73. The lowest BCUT2D eigenvalue weighted by Gasteiger charge is -2.43. The van der Waals surface area contributed by atoms with Crippen LogP contribution < -0.4 is 5.32 Å². The number of aliphatic hydroxyl groups is 2. The Balaban J connectivity index is 1.73. The first-order valence-corrected chi connectivity index (χ1v) is 10.3. The highest BCUT2D eigenvalue weighted by Gasteiger charge is 2.51. The third-order valence-electron chi connectivity index (χ3n) is 5.66. The minimum absolute atomic E-state index is 0.0534. The Morgan fingerprint density at radius 1 is 1.03 bits per heavy atom. The van der Waals surface area contributed by atoms with Gasteiger partial charge in [-0.1, -0.05) is 24.3 Å². The van der Waals surface area contributed by atoms with E-state index in [2.05, 4.69) is 5.32 Å². The van der Waals surface area contributed by atoms with Crippen molar-refractivity contribution in [2.75, 3.05) is 7.05 Å². The number of nitrogens with one attached hydrogen (secondary N) is 1. The van der Waals surface area contributed by atoms with Crippen LogP contribution in [0.25, 0.3) is 0 Å². The third-order valence-corrected chi connectivity index (χ3v) is 5.66. The largest absolute Gasteiger partial charge is 0.416 e. The highest BCUT2D eigenvalue weighted by Crippen LogP contribution is 2.36. The van der Waals surface area contributed by atoms with Crippen molar-refractivity contribution >= 4 is 5.91 Å². The van der Waals surface area contributed by atoms with Gasteiger partial charge in [-0.2, -0.15) is 13.2 Å². The number of carbonyl (C=O) groups is 1. The number of likely N-dealkylation sites (N-methyl/N-ethyl adjacent to an activating group) is 1. The number of carbonyl (C=O) groups excluding carboxylic acids is 1. The van der Waals surface area contributed by atoms with Gasteiger partial charge in [-0.25, -0.2) is 4.39 Å². The van der Waals surface area contributed by atoms with E-state index in [1.54, 1.807) is 0 Å². The standard InChI is InChI=1S/C23H25F4NO5/c1-28-21(31)22(33-13-15-4-8-17(24)9-5-15)10-18(29)20(30)19(11-22)32-12-14-2-6-16(7-3-14)23(25,26)27/h2-9,18-20,29-30H,10-13H2,1H3,(H,28,31)/t18-,19?,20-,22+/m1/s1. The lowest BCUT2D eigenvalue weighted by atomic mass is 9.78. The molecule has 0 radical (unpaired) electrons. The smallest absolute Gasteiger partial charge is 0.390 e. The van der Waals surface area contributed by atoms with Gasteiger partial charge in [0.1, 0.15) is 11.9 Å². The Morgan fingerprint density at radius 3 is 2.18 bits per heavy atom. The SMILES string of the molecule is CNC(=O)[C@@]1(OCc2ccc(F)cc2)CC(OCc2ccc(C(F)(F)F)cc2)[C@H](O)[C@H](O)C1. The van der Waals surface area contributed by atoms with Gasteiger partial charge in [0.05, 0.1) is 31.0 Å². The molecule has 3 rings (SSSR count). The van der Waals surface area contributed by atoms with Crippen molar-refractivity contribution in [1.82, 2.24) is 5.32 Å². The Hall–Kier alpha value is -2.53. The first-order valence-electron chi connectivity index (χ1n) is 10.3. The number of halogens is 4. The molecule has 1 saturated carbocycles. The summed E-state index contributed by atoms with van der Waals surface area (Å²) >= 11 is 0. The molecule has 10 heteroatoms. The molecule has 180 valence electrons. The summed E-state index contributed by atoms with van der Waals surface area (Å²) in [7, 11) is 1.40. The number of rotatable bonds is 7. The molecule has 6 nitrogen and oxygen atoms in total. The number of hydrogen-bond donors (Lipinski definition) is 3. The summed E-state index contributed by atoms with van der Waals surface area (Å²) in [6.07, 6.45) is -8.46. The van der Waals surface area contributed by atoms with Crippen LogP contribution in [0.1, 0.15) is 29.5 Å².